The van der Waals surface area contributed by atoms with Crippen LogP contribution >= 0.6 is 0 Å². The third kappa shape index (κ3) is 4.86. The van der Waals surface area contributed by atoms with Gasteiger partial charge in [-0.25, -0.2) is 8.42 Å². The lowest BCUT2D eigenvalue weighted by Gasteiger charge is -2.28. The highest BCUT2D eigenvalue weighted by Gasteiger charge is 2.31. The standard InChI is InChI=1S/C13H28N2O2S/c1-12(2)8-10-15(13-6-4-5-7-13)18(16,17)11-9-14-3/h12-14H,4-11H2,1-3H3. The van der Waals surface area contributed by atoms with Crippen LogP contribution < -0.4 is 5.32 Å². The van der Waals surface area contributed by atoms with Crippen LogP contribution in [0.1, 0.15) is 46.0 Å². The van der Waals surface area contributed by atoms with Crippen LogP contribution in [0.5, 0.6) is 0 Å². The summed E-state index contributed by atoms with van der Waals surface area (Å²) in [7, 11) is -1.30. The average Bonchev–Trinajstić information content (AvgIpc) is 2.79. The molecular formula is C13H28N2O2S. The maximum absolute atomic E-state index is 12.4. The first-order valence-corrected chi connectivity index (χ1v) is 8.72. The van der Waals surface area contributed by atoms with Crippen molar-refractivity contribution in [2.75, 3.05) is 25.9 Å². The van der Waals surface area contributed by atoms with Gasteiger partial charge >= 0.3 is 0 Å². The molecule has 0 unspecified atom stereocenters. The summed E-state index contributed by atoms with van der Waals surface area (Å²) in [5, 5.41) is 2.93. The van der Waals surface area contributed by atoms with Gasteiger partial charge in [0.1, 0.15) is 0 Å². The van der Waals surface area contributed by atoms with Crippen LogP contribution in [0, 0.1) is 5.92 Å². The normalized spacial score (nSPS) is 18.1. The minimum atomic E-state index is -3.09. The first-order chi connectivity index (χ1) is 8.47. The molecule has 0 aromatic heterocycles. The minimum absolute atomic E-state index is 0.220. The molecule has 0 spiro atoms. The zero-order valence-corrected chi connectivity index (χ0v) is 12.8. The lowest BCUT2D eigenvalue weighted by Crippen LogP contribution is -2.42. The molecule has 0 heterocycles. The van der Waals surface area contributed by atoms with E-state index in [0.717, 1.165) is 19.3 Å². The third-order valence-electron chi connectivity index (χ3n) is 3.63. The van der Waals surface area contributed by atoms with Gasteiger partial charge in [0.2, 0.25) is 10.0 Å². The summed E-state index contributed by atoms with van der Waals surface area (Å²) in [4.78, 5) is 0. The topological polar surface area (TPSA) is 49.4 Å². The van der Waals surface area contributed by atoms with E-state index < -0.39 is 10.0 Å². The molecule has 1 rings (SSSR count). The fraction of sp³-hybridized carbons (Fsp3) is 1.00. The van der Waals surface area contributed by atoms with E-state index in [9.17, 15) is 8.42 Å². The van der Waals surface area contributed by atoms with Gasteiger partial charge in [0, 0.05) is 19.1 Å². The first kappa shape index (κ1) is 15.9. The fourth-order valence-corrected chi connectivity index (χ4v) is 4.22. The molecule has 0 bridgehead atoms. The number of hydrogen-bond donors (Lipinski definition) is 1. The zero-order valence-electron chi connectivity index (χ0n) is 12.0. The molecule has 108 valence electrons. The maximum atomic E-state index is 12.4. The number of nitrogens with one attached hydrogen (secondary N) is 1. The van der Waals surface area contributed by atoms with Gasteiger partial charge in [0.05, 0.1) is 5.75 Å². The van der Waals surface area contributed by atoms with Gasteiger partial charge in [0.25, 0.3) is 0 Å². The Morgan fingerprint density at radius 2 is 1.89 bits per heavy atom. The molecular weight excluding hydrogens is 248 g/mol. The van der Waals surface area contributed by atoms with Crippen LogP contribution in [0.4, 0.5) is 0 Å². The maximum Gasteiger partial charge on any atom is 0.215 e. The SMILES string of the molecule is CNCCS(=O)(=O)N(CCC(C)C)C1CCCC1. The van der Waals surface area contributed by atoms with E-state index >= 15 is 0 Å². The summed E-state index contributed by atoms with van der Waals surface area (Å²) in [6, 6.07) is 0.255. The molecule has 5 heteroatoms. The predicted molar refractivity (Wildman–Crippen MR) is 76.1 cm³/mol. The minimum Gasteiger partial charge on any atom is -0.319 e. The van der Waals surface area contributed by atoms with Crippen LogP contribution in [0.15, 0.2) is 0 Å². The van der Waals surface area contributed by atoms with Crippen molar-refractivity contribution >= 4 is 10.0 Å². The van der Waals surface area contributed by atoms with Gasteiger partial charge in [-0.05, 0) is 32.2 Å². The lowest BCUT2D eigenvalue weighted by molar-refractivity contribution is 0.304. The number of sulfonamides is 1. The largest absolute Gasteiger partial charge is 0.319 e. The van der Waals surface area contributed by atoms with Crippen molar-refractivity contribution in [2.24, 2.45) is 5.92 Å². The van der Waals surface area contributed by atoms with Crippen LogP contribution in [0.25, 0.3) is 0 Å². The van der Waals surface area contributed by atoms with E-state index in [-0.39, 0.29) is 11.8 Å². The average molecular weight is 276 g/mol. The van der Waals surface area contributed by atoms with Crippen molar-refractivity contribution in [3.63, 3.8) is 0 Å². The Hall–Kier alpha value is -0.130. The Morgan fingerprint density at radius 3 is 2.39 bits per heavy atom. The molecule has 1 aliphatic rings. The summed E-state index contributed by atoms with van der Waals surface area (Å²) in [5.74, 6) is 0.770. The van der Waals surface area contributed by atoms with Crippen molar-refractivity contribution in [1.82, 2.24) is 9.62 Å². The first-order valence-electron chi connectivity index (χ1n) is 7.11. The molecule has 4 nitrogen and oxygen atoms in total. The highest BCUT2D eigenvalue weighted by molar-refractivity contribution is 7.89. The van der Waals surface area contributed by atoms with Crippen molar-refractivity contribution in [3.8, 4) is 0 Å². The van der Waals surface area contributed by atoms with E-state index in [1.807, 2.05) is 0 Å². The summed E-state index contributed by atoms with van der Waals surface area (Å²) in [5.41, 5.74) is 0. The number of hydrogen-bond acceptors (Lipinski definition) is 3. The third-order valence-corrected chi connectivity index (χ3v) is 5.54. The van der Waals surface area contributed by atoms with Gasteiger partial charge in [-0.15, -0.1) is 0 Å². The summed E-state index contributed by atoms with van der Waals surface area (Å²) in [6.45, 7) is 5.52. The van der Waals surface area contributed by atoms with Crippen LogP contribution in [0.2, 0.25) is 0 Å². The Bertz CT molecular complexity index is 322. The molecule has 0 aromatic rings. The van der Waals surface area contributed by atoms with Crippen molar-refractivity contribution in [1.29, 1.82) is 0 Å². The summed E-state index contributed by atoms with van der Waals surface area (Å²) in [6.07, 6.45) is 5.37. The van der Waals surface area contributed by atoms with E-state index in [0.29, 0.717) is 19.0 Å². The Labute approximate surface area is 112 Å². The highest BCUT2D eigenvalue weighted by Crippen LogP contribution is 2.26. The molecule has 0 aliphatic heterocycles. The van der Waals surface area contributed by atoms with Gasteiger partial charge in [-0.2, -0.15) is 4.31 Å². The Morgan fingerprint density at radius 1 is 1.28 bits per heavy atom. The monoisotopic (exact) mass is 276 g/mol. The highest BCUT2D eigenvalue weighted by atomic mass is 32.2. The number of nitrogens with zero attached hydrogens (tertiary/aromatic N) is 1. The van der Waals surface area contributed by atoms with Gasteiger partial charge in [0.15, 0.2) is 0 Å². The second-order valence-corrected chi connectivity index (χ2v) is 7.69. The van der Waals surface area contributed by atoms with Crippen LogP contribution in [-0.2, 0) is 10.0 Å². The van der Waals surface area contributed by atoms with Gasteiger partial charge < -0.3 is 5.32 Å². The quantitative estimate of drug-likeness (QED) is 0.736. The molecule has 0 atom stereocenters. The smallest absolute Gasteiger partial charge is 0.215 e. The molecule has 1 N–H and O–H groups in total. The number of rotatable bonds is 8. The van der Waals surface area contributed by atoms with E-state index in [4.69, 9.17) is 0 Å². The molecule has 1 fully saturated rings. The Balaban J connectivity index is 2.68. The predicted octanol–water partition coefficient (Wildman–Crippen LogP) is 1.83. The van der Waals surface area contributed by atoms with Crippen LogP contribution in [0.3, 0.4) is 0 Å². The summed E-state index contributed by atoms with van der Waals surface area (Å²) >= 11 is 0. The van der Waals surface area contributed by atoms with Gasteiger partial charge in [-0.3, -0.25) is 0 Å². The second-order valence-electron chi connectivity index (χ2n) is 5.65. The summed E-state index contributed by atoms with van der Waals surface area (Å²) < 4.78 is 26.5. The van der Waals surface area contributed by atoms with E-state index in [1.54, 1.807) is 11.4 Å². The van der Waals surface area contributed by atoms with Crippen molar-refractivity contribution in [2.45, 2.75) is 52.0 Å². The van der Waals surface area contributed by atoms with Crippen LogP contribution in [-0.4, -0.2) is 44.7 Å². The van der Waals surface area contributed by atoms with Crippen molar-refractivity contribution < 1.29 is 8.42 Å². The molecule has 0 amide bonds. The molecule has 18 heavy (non-hydrogen) atoms. The van der Waals surface area contributed by atoms with Gasteiger partial charge in [-0.1, -0.05) is 26.7 Å². The zero-order chi connectivity index (χ0) is 13.6. The molecule has 0 radical (unpaired) electrons. The second kappa shape index (κ2) is 7.46. The molecule has 0 aromatic carbocycles. The molecule has 1 aliphatic carbocycles. The van der Waals surface area contributed by atoms with Crippen molar-refractivity contribution in [3.05, 3.63) is 0 Å². The fourth-order valence-electron chi connectivity index (χ4n) is 2.47. The van der Waals surface area contributed by atoms with E-state index in [2.05, 4.69) is 19.2 Å². The van der Waals surface area contributed by atoms with E-state index in [1.165, 1.54) is 12.8 Å². The molecule has 0 saturated heterocycles. The molecule has 1 saturated carbocycles. The Kier molecular flexibility index (Phi) is 6.60. The lowest BCUT2D eigenvalue weighted by atomic mass is 10.1.